The molecule has 11 nitrogen and oxygen atoms in total. The summed E-state index contributed by atoms with van der Waals surface area (Å²) in [7, 11) is 0. The molecule has 2 N–H and O–H groups in total. The first-order chi connectivity index (χ1) is 26.3. The minimum absolute atomic E-state index is 0.000552. The molecule has 4 aromatic carbocycles. The summed E-state index contributed by atoms with van der Waals surface area (Å²) < 4.78 is 21.9. The van der Waals surface area contributed by atoms with Gasteiger partial charge in [-0.05, 0) is 40.8 Å². The first-order valence-corrected chi connectivity index (χ1v) is 18.0. The van der Waals surface area contributed by atoms with Gasteiger partial charge in [-0.2, -0.15) is 0 Å². The number of amides is 2. The van der Waals surface area contributed by atoms with Gasteiger partial charge in [0.25, 0.3) is 0 Å². The lowest BCUT2D eigenvalue weighted by Gasteiger charge is -2.19. The van der Waals surface area contributed by atoms with E-state index in [4.69, 9.17) is 18.9 Å². The number of benzene rings is 4. The molecule has 1 atom stereocenters. The van der Waals surface area contributed by atoms with Crippen LogP contribution in [0.15, 0.2) is 127 Å². The molecule has 0 unspecified atom stereocenters. The summed E-state index contributed by atoms with van der Waals surface area (Å²) in [5, 5.41) is 5.64. The van der Waals surface area contributed by atoms with Gasteiger partial charge in [-0.15, -0.1) is 0 Å². The summed E-state index contributed by atoms with van der Waals surface area (Å²) in [4.78, 5) is 64.2. The van der Waals surface area contributed by atoms with E-state index in [1.807, 2.05) is 66.7 Å². The molecule has 282 valence electrons. The molecule has 0 aliphatic carbocycles. The van der Waals surface area contributed by atoms with Crippen LogP contribution >= 0.6 is 0 Å². The Hall–Kier alpha value is -6.23. The van der Waals surface area contributed by atoms with Gasteiger partial charge in [0.05, 0.1) is 12.5 Å². The second-order valence-corrected chi connectivity index (χ2v) is 12.4. The summed E-state index contributed by atoms with van der Waals surface area (Å²) in [6.07, 6.45) is 3.52. The zero-order chi connectivity index (χ0) is 38.4. The fraction of sp³-hybridized carbons (Fsp3) is 0.279. The van der Waals surface area contributed by atoms with Crippen LogP contribution in [0.4, 0.5) is 0 Å². The Kier molecular flexibility index (Phi) is 17.0. The van der Waals surface area contributed by atoms with Gasteiger partial charge < -0.3 is 29.6 Å². The zero-order valence-corrected chi connectivity index (χ0v) is 30.4. The average molecular weight is 735 g/mol. The molecule has 0 radical (unpaired) electrons. The second-order valence-electron chi connectivity index (χ2n) is 12.4. The fourth-order valence-corrected chi connectivity index (χ4v) is 5.07. The Morgan fingerprint density at radius 1 is 0.630 bits per heavy atom. The smallest absolute Gasteiger partial charge is 0.374 e. The molecule has 2 amide bonds. The van der Waals surface area contributed by atoms with Crippen molar-refractivity contribution in [2.24, 2.45) is 0 Å². The van der Waals surface area contributed by atoms with Crippen LogP contribution < -0.4 is 15.4 Å². The maximum Gasteiger partial charge on any atom is 0.374 e. The molecular weight excluding hydrogens is 688 g/mol. The molecule has 4 rings (SSSR count). The molecule has 0 saturated heterocycles. The first-order valence-electron chi connectivity index (χ1n) is 18.0. The second kappa shape index (κ2) is 22.7. The van der Waals surface area contributed by atoms with Gasteiger partial charge in [0, 0.05) is 19.4 Å². The lowest BCUT2D eigenvalue weighted by Crippen LogP contribution is -2.48. The van der Waals surface area contributed by atoms with Crippen LogP contribution in [-0.4, -0.2) is 42.3 Å². The number of hydrogen-bond donors (Lipinski definition) is 2. The molecule has 4 aromatic rings. The van der Waals surface area contributed by atoms with E-state index in [9.17, 15) is 24.0 Å². The van der Waals surface area contributed by atoms with Crippen molar-refractivity contribution < 1.29 is 42.9 Å². The Morgan fingerprint density at radius 2 is 1.19 bits per heavy atom. The van der Waals surface area contributed by atoms with Crippen molar-refractivity contribution in [3.8, 4) is 5.75 Å². The Bertz CT molecular complexity index is 1810. The van der Waals surface area contributed by atoms with Crippen LogP contribution in [0.25, 0.3) is 0 Å². The molecule has 0 aromatic heterocycles. The third-order valence-corrected chi connectivity index (χ3v) is 8.01. The fourth-order valence-electron chi connectivity index (χ4n) is 5.07. The van der Waals surface area contributed by atoms with Crippen molar-refractivity contribution in [1.29, 1.82) is 0 Å². The van der Waals surface area contributed by atoms with Crippen LogP contribution in [0.3, 0.4) is 0 Å². The number of esters is 3. The van der Waals surface area contributed by atoms with E-state index in [0.717, 1.165) is 42.0 Å². The van der Waals surface area contributed by atoms with Gasteiger partial charge in [-0.25, -0.2) is 9.59 Å². The van der Waals surface area contributed by atoms with E-state index in [1.165, 1.54) is 0 Å². The van der Waals surface area contributed by atoms with E-state index < -0.39 is 29.9 Å². The van der Waals surface area contributed by atoms with Crippen molar-refractivity contribution in [2.75, 3.05) is 6.54 Å². The van der Waals surface area contributed by atoms with Crippen LogP contribution in [0.2, 0.25) is 0 Å². The van der Waals surface area contributed by atoms with Gasteiger partial charge >= 0.3 is 17.9 Å². The molecule has 11 heteroatoms. The highest BCUT2D eigenvalue weighted by Gasteiger charge is 2.22. The predicted octanol–water partition coefficient (Wildman–Crippen LogP) is 6.29. The van der Waals surface area contributed by atoms with Crippen LogP contribution in [-0.2, 0) is 64.4 Å². The van der Waals surface area contributed by atoms with E-state index in [0.29, 0.717) is 12.1 Å². The van der Waals surface area contributed by atoms with Crippen molar-refractivity contribution in [3.63, 3.8) is 0 Å². The minimum Gasteiger partial charge on any atom is -0.461 e. The maximum absolute atomic E-state index is 13.2. The molecule has 0 spiro atoms. The van der Waals surface area contributed by atoms with Gasteiger partial charge in [0.2, 0.25) is 17.6 Å². The number of unbranched alkanes of at least 4 members (excludes halogenated alkanes) is 2. The third kappa shape index (κ3) is 15.2. The van der Waals surface area contributed by atoms with Crippen molar-refractivity contribution in [2.45, 2.75) is 71.3 Å². The third-order valence-electron chi connectivity index (χ3n) is 8.01. The van der Waals surface area contributed by atoms with Crippen molar-refractivity contribution >= 4 is 29.7 Å². The van der Waals surface area contributed by atoms with Gasteiger partial charge in [0.1, 0.15) is 31.6 Å². The lowest BCUT2D eigenvalue weighted by atomic mass is 10.0. The summed E-state index contributed by atoms with van der Waals surface area (Å²) in [6, 6.07) is 33.0. The van der Waals surface area contributed by atoms with E-state index in [-0.39, 0.29) is 56.5 Å². The molecule has 0 saturated carbocycles. The quantitative estimate of drug-likeness (QED) is 0.0332. The molecule has 0 heterocycles. The summed E-state index contributed by atoms with van der Waals surface area (Å²) in [6.45, 7) is 2.59. The highest BCUT2D eigenvalue weighted by molar-refractivity contribution is 5.95. The van der Waals surface area contributed by atoms with Gasteiger partial charge in [-0.3, -0.25) is 14.4 Å². The number of nitrogens with one attached hydrogen (secondary N) is 2. The lowest BCUT2D eigenvalue weighted by molar-refractivity contribution is -0.146. The highest BCUT2D eigenvalue weighted by atomic mass is 16.6. The molecule has 0 aliphatic heterocycles. The van der Waals surface area contributed by atoms with E-state index in [1.54, 1.807) is 48.5 Å². The zero-order valence-electron chi connectivity index (χ0n) is 30.4. The normalized spacial score (nSPS) is 11.5. The summed E-state index contributed by atoms with van der Waals surface area (Å²) in [5.74, 6) is -3.17. The van der Waals surface area contributed by atoms with Crippen molar-refractivity contribution in [1.82, 2.24) is 10.6 Å². The maximum atomic E-state index is 13.2. The van der Waals surface area contributed by atoms with Crippen LogP contribution in [0, 0.1) is 0 Å². The van der Waals surface area contributed by atoms with Crippen molar-refractivity contribution in [3.05, 3.63) is 149 Å². The standard InChI is InChI=1S/C43H46N2O9/c1-2-3-13-26-44-42(49)37(45-39(46)24-25-40(47)51-29-33-14-7-4-8-15-33)27-32-20-22-36(23-21-32)54-38(43(50)53-31-35-18-11-6-12-19-35)28-41(48)52-30-34-16-9-5-10-17-34/h4-12,14-23,28,37H,2-3,13,24-27,29-31H2,1H3,(H,44,49)(H,45,46)/b38-28+/t37-/m0/s1. The molecule has 0 fully saturated rings. The summed E-state index contributed by atoms with van der Waals surface area (Å²) in [5.41, 5.74) is 3.04. The SMILES string of the molecule is CCCCCNC(=O)[C@H](Cc1ccc(O/C(=C/C(=O)OCc2ccccc2)C(=O)OCc2ccccc2)cc1)NC(=O)CCC(=O)OCc1ccccc1. The monoisotopic (exact) mass is 734 g/mol. The Morgan fingerprint density at radius 3 is 1.76 bits per heavy atom. The van der Waals surface area contributed by atoms with E-state index >= 15 is 0 Å². The highest BCUT2D eigenvalue weighted by Crippen LogP contribution is 2.18. The molecule has 0 aliphatic rings. The van der Waals surface area contributed by atoms with E-state index in [2.05, 4.69) is 17.6 Å². The average Bonchev–Trinajstić information content (AvgIpc) is 3.20. The Labute approximate surface area is 315 Å². The predicted molar refractivity (Wildman–Crippen MR) is 201 cm³/mol. The molecular formula is C43H46N2O9. The van der Waals surface area contributed by atoms with Crippen LogP contribution in [0.1, 0.15) is 61.3 Å². The summed E-state index contributed by atoms with van der Waals surface area (Å²) >= 11 is 0. The number of carbonyl (C=O) groups excluding carboxylic acids is 5. The number of rotatable bonds is 21. The van der Waals surface area contributed by atoms with Gasteiger partial charge in [0.15, 0.2) is 0 Å². The number of ether oxygens (including phenoxy) is 4. The molecule has 0 bridgehead atoms. The first kappa shape index (κ1) is 40.5. The number of carbonyl (C=O) groups is 5. The van der Waals surface area contributed by atoms with Crippen LogP contribution in [0.5, 0.6) is 5.75 Å². The Balaban J connectivity index is 1.39. The largest absolute Gasteiger partial charge is 0.461 e. The number of hydrogen-bond acceptors (Lipinski definition) is 9. The molecule has 54 heavy (non-hydrogen) atoms. The van der Waals surface area contributed by atoms with Gasteiger partial charge in [-0.1, -0.05) is 123 Å². The topological polar surface area (TPSA) is 146 Å². The minimum atomic E-state index is -0.922.